The first-order valence-corrected chi connectivity index (χ1v) is 8.73. The third-order valence-corrected chi connectivity index (χ3v) is 4.33. The second-order valence-electron chi connectivity index (χ2n) is 6.88. The number of nitrogens with zero attached hydrogens (tertiary/aromatic N) is 2. The first kappa shape index (κ1) is 20.1. The van der Waals surface area contributed by atoms with Crippen molar-refractivity contribution in [3.05, 3.63) is 53.2 Å². The summed E-state index contributed by atoms with van der Waals surface area (Å²) in [5, 5.41) is 2.79. The van der Waals surface area contributed by atoms with Crippen molar-refractivity contribution in [3.8, 4) is 0 Å². The number of rotatable bonds is 7. The van der Waals surface area contributed by atoms with Crippen molar-refractivity contribution in [2.24, 2.45) is 0 Å². The first-order chi connectivity index (χ1) is 12.3. The fourth-order valence-corrected chi connectivity index (χ4v) is 2.99. The Kier molecular flexibility index (Phi) is 6.91. The van der Waals surface area contributed by atoms with Gasteiger partial charge in [0.2, 0.25) is 5.91 Å². The second kappa shape index (κ2) is 8.94. The lowest BCUT2D eigenvalue weighted by molar-refractivity contribution is -0.120. The number of amides is 1. The predicted octanol–water partition coefficient (Wildman–Crippen LogP) is 3.42. The molecular weight excluding hydrogens is 336 g/mol. The molecule has 0 spiro atoms. The lowest BCUT2D eigenvalue weighted by Crippen LogP contribution is -2.42. The van der Waals surface area contributed by atoms with E-state index in [4.69, 9.17) is 0 Å². The Morgan fingerprint density at radius 3 is 2.65 bits per heavy atom. The van der Waals surface area contributed by atoms with Gasteiger partial charge >= 0.3 is 0 Å². The van der Waals surface area contributed by atoms with Crippen molar-refractivity contribution in [1.29, 1.82) is 0 Å². The monoisotopic (exact) mass is 363 g/mol. The van der Waals surface area contributed by atoms with Crippen LogP contribution in [-0.2, 0) is 11.2 Å². The van der Waals surface area contributed by atoms with Crippen molar-refractivity contribution in [2.45, 2.75) is 32.4 Å². The maximum atomic E-state index is 13.5. The Morgan fingerprint density at radius 2 is 2.08 bits per heavy atom. The molecule has 0 aromatic heterocycles. The number of carbonyl (C=O) groups is 1. The number of aryl methyl sites for hydroxylation is 1. The van der Waals surface area contributed by atoms with Gasteiger partial charge in [-0.05, 0) is 56.3 Å². The molecule has 1 atom stereocenters. The highest BCUT2D eigenvalue weighted by atomic mass is 19.3. The summed E-state index contributed by atoms with van der Waals surface area (Å²) in [6.45, 7) is 2.41. The lowest BCUT2D eigenvalue weighted by atomic mass is 9.94. The van der Waals surface area contributed by atoms with Gasteiger partial charge in [-0.1, -0.05) is 24.3 Å². The third kappa shape index (κ3) is 5.39. The fraction of sp³-hybridized carbons (Fsp3) is 0.450. The van der Waals surface area contributed by atoms with Crippen LogP contribution in [-0.4, -0.2) is 49.6 Å². The van der Waals surface area contributed by atoms with Gasteiger partial charge in [-0.15, -0.1) is 0 Å². The smallest absolute Gasteiger partial charge is 0.264 e. The number of benzene rings is 1. The van der Waals surface area contributed by atoms with Gasteiger partial charge in [-0.2, -0.15) is 0 Å². The molecule has 1 unspecified atom stereocenters. The molecule has 0 fully saturated rings. The molecule has 26 heavy (non-hydrogen) atoms. The Labute approximate surface area is 154 Å². The summed E-state index contributed by atoms with van der Waals surface area (Å²) in [5.74, 6) is -0.139. The fourth-order valence-electron chi connectivity index (χ4n) is 2.99. The summed E-state index contributed by atoms with van der Waals surface area (Å²) in [6.07, 6.45) is 4.42. The van der Waals surface area contributed by atoms with Crippen molar-refractivity contribution in [3.63, 3.8) is 0 Å². The van der Waals surface area contributed by atoms with Crippen LogP contribution in [0.2, 0.25) is 0 Å². The van der Waals surface area contributed by atoms with Crippen LogP contribution in [0.1, 0.15) is 36.5 Å². The summed E-state index contributed by atoms with van der Waals surface area (Å²) in [6, 6.07) is 5.18. The number of likely N-dealkylation sites (N-methyl/N-ethyl adjacent to an activating group) is 1. The van der Waals surface area contributed by atoms with E-state index in [1.807, 2.05) is 38.2 Å². The zero-order chi connectivity index (χ0) is 19.3. The SMILES string of the molecule is CC(=O)NC1C=CC(c2cc(CCCN(C)C)ccc2C(F)F)=CN1C. The van der Waals surface area contributed by atoms with E-state index in [1.54, 1.807) is 18.3 Å². The van der Waals surface area contributed by atoms with Crippen molar-refractivity contribution < 1.29 is 13.6 Å². The van der Waals surface area contributed by atoms with Crippen LogP contribution in [0.3, 0.4) is 0 Å². The lowest BCUT2D eigenvalue weighted by Gasteiger charge is -2.29. The van der Waals surface area contributed by atoms with Gasteiger partial charge in [0.25, 0.3) is 6.43 Å². The van der Waals surface area contributed by atoms with Gasteiger partial charge in [-0.25, -0.2) is 8.78 Å². The molecule has 0 radical (unpaired) electrons. The molecule has 4 nitrogen and oxygen atoms in total. The van der Waals surface area contributed by atoms with E-state index >= 15 is 0 Å². The van der Waals surface area contributed by atoms with Crippen molar-refractivity contribution in [1.82, 2.24) is 15.1 Å². The minimum atomic E-state index is -2.53. The van der Waals surface area contributed by atoms with Gasteiger partial charge in [0.15, 0.2) is 0 Å². The van der Waals surface area contributed by atoms with Gasteiger partial charge in [0.1, 0.15) is 6.17 Å². The number of allylic oxidation sites excluding steroid dienone is 2. The molecule has 2 rings (SSSR count). The molecule has 1 amide bonds. The van der Waals surface area contributed by atoms with E-state index in [2.05, 4.69) is 10.2 Å². The van der Waals surface area contributed by atoms with Crippen LogP contribution in [0.15, 0.2) is 36.6 Å². The molecule has 1 aromatic carbocycles. The number of carbonyl (C=O) groups excluding carboxylic acids is 1. The molecule has 142 valence electrons. The predicted molar refractivity (Wildman–Crippen MR) is 101 cm³/mol. The Morgan fingerprint density at radius 1 is 1.35 bits per heavy atom. The van der Waals surface area contributed by atoms with E-state index in [-0.39, 0.29) is 17.6 Å². The molecule has 1 heterocycles. The Hall–Kier alpha value is -2.21. The highest BCUT2D eigenvalue weighted by Gasteiger charge is 2.20. The largest absolute Gasteiger partial charge is 0.357 e. The van der Waals surface area contributed by atoms with Crippen LogP contribution in [0, 0.1) is 0 Å². The van der Waals surface area contributed by atoms with E-state index in [0.717, 1.165) is 30.5 Å². The molecule has 1 N–H and O–H groups in total. The van der Waals surface area contributed by atoms with E-state index in [9.17, 15) is 13.6 Å². The molecule has 1 aliphatic heterocycles. The van der Waals surface area contributed by atoms with Crippen LogP contribution < -0.4 is 5.32 Å². The maximum absolute atomic E-state index is 13.5. The second-order valence-corrected chi connectivity index (χ2v) is 6.88. The summed E-state index contributed by atoms with van der Waals surface area (Å²) in [7, 11) is 5.85. The number of halogens is 2. The summed E-state index contributed by atoms with van der Waals surface area (Å²) < 4.78 is 27.0. The van der Waals surface area contributed by atoms with Crippen LogP contribution in [0.25, 0.3) is 5.57 Å². The Balaban J connectivity index is 2.26. The zero-order valence-electron chi connectivity index (χ0n) is 15.8. The standard InChI is InChI=1S/C20H27F2N3O/c1-14(26)23-19-10-8-16(13-25(19)4)18-12-15(6-5-11-24(2)3)7-9-17(18)20(21)22/h7-10,12-13,19-20H,5-6,11H2,1-4H3,(H,23,26). The zero-order valence-corrected chi connectivity index (χ0v) is 15.8. The van der Waals surface area contributed by atoms with Crippen molar-refractivity contribution in [2.75, 3.05) is 27.7 Å². The normalized spacial score (nSPS) is 17.0. The highest BCUT2D eigenvalue weighted by molar-refractivity contribution is 5.78. The topological polar surface area (TPSA) is 35.6 Å². The number of hydrogen-bond donors (Lipinski definition) is 1. The highest BCUT2D eigenvalue weighted by Crippen LogP contribution is 2.32. The molecule has 1 aliphatic rings. The van der Waals surface area contributed by atoms with Gasteiger partial charge in [0, 0.05) is 25.7 Å². The number of hydrogen-bond acceptors (Lipinski definition) is 3. The van der Waals surface area contributed by atoms with Crippen LogP contribution in [0.5, 0.6) is 0 Å². The summed E-state index contributed by atoms with van der Waals surface area (Å²) in [4.78, 5) is 15.2. The van der Waals surface area contributed by atoms with E-state index in [1.165, 1.54) is 13.0 Å². The van der Waals surface area contributed by atoms with Gasteiger partial charge in [0.05, 0.1) is 0 Å². The number of alkyl halides is 2. The molecule has 0 aliphatic carbocycles. The Bertz CT molecular complexity index is 698. The first-order valence-electron chi connectivity index (χ1n) is 8.73. The minimum absolute atomic E-state index is 0.0311. The molecule has 6 heteroatoms. The quantitative estimate of drug-likeness (QED) is 0.806. The van der Waals surface area contributed by atoms with Crippen LogP contribution in [0.4, 0.5) is 8.78 Å². The summed E-state index contributed by atoms with van der Waals surface area (Å²) >= 11 is 0. The molecular formula is C20H27F2N3O. The average molecular weight is 363 g/mol. The van der Waals surface area contributed by atoms with Gasteiger partial charge in [-0.3, -0.25) is 4.79 Å². The maximum Gasteiger partial charge on any atom is 0.264 e. The van der Waals surface area contributed by atoms with Crippen molar-refractivity contribution >= 4 is 11.5 Å². The summed E-state index contributed by atoms with van der Waals surface area (Å²) in [5.41, 5.74) is 2.35. The minimum Gasteiger partial charge on any atom is -0.357 e. The molecule has 0 saturated carbocycles. The average Bonchev–Trinajstić information content (AvgIpc) is 2.55. The van der Waals surface area contributed by atoms with Crippen LogP contribution >= 0.6 is 0 Å². The van der Waals surface area contributed by atoms with E-state index in [0.29, 0.717) is 5.56 Å². The van der Waals surface area contributed by atoms with Gasteiger partial charge < -0.3 is 15.1 Å². The molecule has 0 bridgehead atoms. The third-order valence-electron chi connectivity index (χ3n) is 4.33. The number of nitrogens with one attached hydrogen (secondary N) is 1. The molecule has 0 saturated heterocycles. The van der Waals surface area contributed by atoms with E-state index < -0.39 is 6.43 Å². The molecule has 1 aromatic rings.